The number of methoxy groups -OCH3 is 3. The normalized spacial score (nSPS) is 15.0. The Morgan fingerprint density at radius 3 is 2.00 bits per heavy atom. The average molecular weight is 331 g/mol. The topological polar surface area (TPSA) is 74.0 Å². The molecule has 0 aromatic heterocycles. The first kappa shape index (κ1) is 18.4. The first-order valence-corrected chi connectivity index (χ1v) is 6.95. The Morgan fingerprint density at radius 2 is 1.59 bits per heavy atom. The number of amides is 1. The van der Waals surface area contributed by atoms with Gasteiger partial charge in [-0.15, -0.1) is 12.4 Å². The first-order chi connectivity index (χ1) is 10.1. The number of nitrogens with two attached hydrogens (primary N) is 1. The van der Waals surface area contributed by atoms with Gasteiger partial charge in [-0.1, -0.05) is 0 Å². The highest BCUT2D eigenvalue weighted by atomic mass is 35.5. The van der Waals surface area contributed by atoms with Gasteiger partial charge in [-0.3, -0.25) is 4.79 Å². The third-order valence-corrected chi connectivity index (χ3v) is 3.74. The number of nitrogens with zero attached hydrogens (tertiary/aromatic N) is 1. The van der Waals surface area contributed by atoms with Crippen molar-refractivity contribution in [1.29, 1.82) is 0 Å². The lowest BCUT2D eigenvalue weighted by Crippen LogP contribution is -2.42. The molecule has 1 aromatic rings. The minimum Gasteiger partial charge on any atom is -0.493 e. The lowest BCUT2D eigenvalue weighted by Gasteiger charge is -2.30. The maximum atomic E-state index is 12.6. The molecule has 0 atom stereocenters. The fraction of sp³-hybridized carbons (Fsp3) is 0.533. The molecule has 0 radical (unpaired) electrons. The number of ether oxygens (including phenoxy) is 3. The van der Waals surface area contributed by atoms with E-state index in [-0.39, 0.29) is 24.4 Å². The Bertz CT molecular complexity index is 491. The van der Waals surface area contributed by atoms with Crippen LogP contribution in [-0.2, 0) is 0 Å². The molecule has 0 spiro atoms. The number of benzene rings is 1. The van der Waals surface area contributed by atoms with Crippen LogP contribution in [-0.4, -0.2) is 51.3 Å². The number of piperidine rings is 1. The lowest BCUT2D eigenvalue weighted by molar-refractivity contribution is 0.0714. The predicted octanol–water partition coefficient (Wildman–Crippen LogP) is 1.70. The molecule has 1 amide bonds. The van der Waals surface area contributed by atoms with Crippen molar-refractivity contribution in [3.8, 4) is 17.2 Å². The average Bonchev–Trinajstić information content (AvgIpc) is 2.53. The number of halogens is 1. The predicted molar refractivity (Wildman–Crippen MR) is 86.5 cm³/mol. The van der Waals surface area contributed by atoms with Crippen LogP contribution in [0.5, 0.6) is 17.2 Å². The number of rotatable bonds is 4. The summed E-state index contributed by atoms with van der Waals surface area (Å²) in [4.78, 5) is 14.4. The fourth-order valence-corrected chi connectivity index (χ4v) is 2.49. The van der Waals surface area contributed by atoms with Gasteiger partial charge >= 0.3 is 0 Å². The smallest absolute Gasteiger partial charge is 0.254 e. The second-order valence-electron chi connectivity index (χ2n) is 5.04. The molecular formula is C15H23ClN2O4. The molecule has 1 fully saturated rings. The van der Waals surface area contributed by atoms with Gasteiger partial charge < -0.3 is 24.8 Å². The van der Waals surface area contributed by atoms with Crippen LogP contribution in [0.3, 0.4) is 0 Å². The molecule has 124 valence electrons. The lowest BCUT2D eigenvalue weighted by atomic mass is 10.0. The quantitative estimate of drug-likeness (QED) is 0.909. The van der Waals surface area contributed by atoms with Gasteiger partial charge in [0.25, 0.3) is 5.91 Å². The van der Waals surface area contributed by atoms with Gasteiger partial charge in [-0.2, -0.15) is 0 Å². The number of likely N-dealkylation sites (tertiary alicyclic amines) is 1. The summed E-state index contributed by atoms with van der Waals surface area (Å²) in [5.74, 6) is 1.40. The summed E-state index contributed by atoms with van der Waals surface area (Å²) in [5.41, 5.74) is 6.40. The molecule has 6 nitrogen and oxygen atoms in total. The molecule has 22 heavy (non-hydrogen) atoms. The van der Waals surface area contributed by atoms with E-state index in [0.717, 1.165) is 12.8 Å². The highest BCUT2D eigenvalue weighted by Crippen LogP contribution is 2.38. The summed E-state index contributed by atoms with van der Waals surface area (Å²) in [7, 11) is 4.60. The minimum atomic E-state index is -0.0406. The van der Waals surface area contributed by atoms with Crippen molar-refractivity contribution in [3.05, 3.63) is 17.7 Å². The molecule has 1 aliphatic heterocycles. The highest BCUT2D eigenvalue weighted by molar-refractivity contribution is 5.95. The van der Waals surface area contributed by atoms with E-state index in [0.29, 0.717) is 35.9 Å². The number of carbonyl (C=O) groups excluding carboxylic acids is 1. The van der Waals surface area contributed by atoms with E-state index in [1.54, 1.807) is 12.1 Å². The van der Waals surface area contributed by atoms with E-state index < -0.39 is 0 Å². The zero-order valence-electron chi connectivity index (χ0n) is 13.1. The highest BCUT2D eigenvalue weighted by Gasteiger charge is 2.24. The van der Waals surface area contributed by atoms with Crippen LogP contribution in [0.25, 0.3) is 0 Å². The van der Waals surface area contributed by atoms with Crippen molar-refractivity contribution < 1.29 is 19.0 Å². The van der Waals surface area contributed by atoms with Gasteiger partial charge in [0.15, 0.2) is 11.5 Å². The van der Waals surface area contributed by atoms with E-state index in [9.17, 15) is 4.79 Å². The van der Waals surface area contributed by atoms with Crippen molar-refractivity contribution in [2.45, 2.75) is 18.9 Å². The standard InChI is InChI=1S/C15H22N2O4.ClH/c1-19-12-8-10(9-13(20-2)14(12)21-3)15(18)17-6-4-11(16)5-7-17;/h8-9,11H,4-7,16H2,1-3H3;1H. The van der Waals surface area contributed by atoms with Gasteiger partial charge in [-0.05, 0) is 25.0 Å². The van der Waals surface area contributed by atoms with Crippen LogP contribution in [0.4, 0.5) is 0 Å². The zero-order valence-corrected chi connectivity index (χ0v) is 13.9. The summed E-state index contributed by atoms with van der Waals surface area (Å²) >= 11 is 0. The molecular weight excluding hydrogens is 308 g/mol. The summed E-state index contributed by atoms with van der Waals surface area (Å²) < 4.78 is 15.8. The van der Waals surface area contributed by atoms with Gasteiger partial charge in [-0.25, -0.2) is 0 Å². The molecule has 0 aliphatic carbocycles. The summed E-state index contributed by atoms with van der Waals surface area (Å²) in [6.45, 7) is 1.35. The summed E-state index contributed by atoms with van der Waals surface area (Å²) in [6, 6.07) is 3.55. The van der Waals surface area contributed by atoms with Crippen LogP contribution < -0.4 is 19.9 Å². The third kappa shape index (κ3) is 3.75. The second-order valence-corrected chi connectivity index (χ2v) is 5.04. The van der Waals surface area contributed by atoms with Crippen LogP contribution in [0.15, 0.2) is 12.1 Å². The molecule has 1 aliphatic rings. The monoisotopic (exact) mass is 330 g/mol. The summed E-state index contributed by atoms with van der Waals surface area (Å²) in [5, 5.41) is 0. The van der Waals surface area contributed by atoms with Crippen LogP contribution in [0.2, 0.25) is 0 Å². The molecule has 0 saturated carbocycles. The number of hydrogen-bond acceptors (Lipinski definition) is 5. The molecule has 1 heterocycles. The van der Waals surface area contributed by atoms with E-state index >= 15 is 0 Å². The maximum absolute atomic E-state index is 12.6. The van der Waals surface area contributed by atoms with Crippen LogP contribution >= 0.6 is 12.4 Å². The van der Waals surface area contributed by atoms with Crippen molar-refractivity contribution in [1.82, 2.24) is 4.90 Å². The zero-order chi connectivity index (χ0) is 15.4. The van der Waals surface area contributed by atoms with E-state index in [1.165, 1.54) is 21.3 Å². The molecule has 7 heteroatoms. The third-order valence-electron chi connectivity index (χ3n) is 3.74. The fourth-order valence-electron chi connectivity index (χ4n) is 2.49. The van der Waals surface area contributed by atoms with Gasteiger partial charge in [0.2, 0.25) is 5.75 Å². The molecule has 0 unspecified atom stereocenters. The van der Waals surface area contributed by atoms with Crippen molar-refractivity contribution in [2.75, 3.05) is 34.4 Å². The SMILES string of the molecule is COc1cc(C(=O)N2CCC(N)CC2)cc(OC)c1OC.Cl. The molecule has 1 aromatic carbocycles. The molecule has 1 saturated heterocycles. The largest absolute Gasteiger partial charge is 0.493 e. The van der Waals surface area contributed by atoms with Gasteiger partial charge in [0.1, 0.15) is 0 Å². The number of hydrogen-bond donors (Lipinski definition) is 1. The first-order valence-electron chi connectivity index (χ1n) is 6.95. The Balaban J connectivity index is 0.00000242. The Morgan fingerprint density at radius 1 is 1.09 bits per heavy atom. The second kappa shape index (κ2) is 8.10. The molecule has 0 bridgehead atoms. The van der Waals surface area contributed by atoms with E-state index in [2.05, 4.69) is 0 Å². The van der Waals surface area contributed by atoms with Crippen LogP contribution in [0.1, 0.15) is 23.2 Å². The minimum absolute atomic E-state index is 0. The van der Waals surface area contributed by atoms with Crippen LogP contribution in [0, 0.1) is 0 Å². The number of carbonyl (C=O) groups is 1. The van der Waals surface area contributed by atoms with Gasteiger partial charge in [0, 0.05) is 24.7 Å². The van der Waals surface area contributed by atoms with Crippen molar-refractivity contribution in [2.24, 2.45) is 5.73 Å². The van der Waals surface area contributed by atoms with Gasteiger partial charge in [0.05, 0.1) is 21.3 Å². The Kier molecular flexibility index (Phi) is 6.77. The maximum Gasteiger partial charge on any atom is 0.254 e. The van der Waals surface area contributed by atoms with Crippen molar-refractivity contribution in [3.63, 3.8) is 0 Å². The van der Waals surface area contributed by atoms with Crippen molar-refractivity contribution >= 4 is 18.3 Å². The summed E-state index contributed by atoms with van der Waals surface area (Å²) in [6.07, 6.45) is 1.66. The molecule has 2 rings (SSSR count). The van der Waals surface area contributed by atoms with E-state index in [4.69, 9.17) is 19.9 Å². The van der Waals surface area contributed by atoms with E-state index in [1.807, 2.05) is 4.90 Å². The Labute approximate surface area is 136 Å². The molecule has 2 N–H and O–H groups in total. The Hall–Kier alpha value is -1.66.